The Morgan fingerprint density at radius 1 is 1.38 bits per heavy atom. The van der Waals surface area contributed by atoms with E-state index in [9.17, 15) is 23.1 Å². The second-order valence-electron chi connectivity index (χ2n) is 4.37. The average Bonchev–Trinajstić information content (AvgIpc) is 2.43. The summed E-state index contributed by atoms with van der Waals surface area (Å²) in [6.45, 7) is -0.138. The fraction of sp³-hybridized carbons (Fsp3) is 0.462. The first-order valence-corrected chi connectivity index (χ1v) is 6.25. The highest BCUT2D eigenvalue weighted by Crippen LogP contribution is 2.27. The van der Waals surface area contributed by atoms with E-state index in [0.717, 1.165) is 0 Å². The van der Waals surface area contributed by atoms with Crippen LogP contribution in [0.4, 0.5) is 18.0 Å². The van der Waals surface area contributed by atoms with Gasteiger partial charge < -0.3 is 20.5 Å². The second kappa shape index (κ2) is 7.72. The lowest BCUT2D eigenvalue weighted by molar-refractivity contribution is -0.274. The monoisotopic (exact) mass is 306 g/mol. The van der Waals surface area contributed by atoms with E-state index in [1.54, 1.807) is 6.07 Å². The molecule has 5 nitrogen and oxygen atoms in total. The van der Waals surface area contributed by atoms with E-state index >= 15 is 0 Å². The third kappa shape index (κ3) is 6.35. The molecule has 0 heterocycles. The molecule has 0 radical (unpaired) electrons. The van der Waals surface area contributed by atoms with Crippen LogP contribution in [0.3, 0.4) is 0 Å². The van der Waals surface area contributed by atoms with Gasteiger partial charge in [0.2, 0.25) is 0 Å². The molecular weight excluding hydrogens is 289 g/mol. The Labute approximate surface area is 120 Å². The van der Waals surface area contributed by atoms with Crippen molar-refractivity contribution in [3.63, 3.8) is 0 Å². The standard InChI is InChI=1S/C13H17F3N2O3/c1-17-12(20)18-7-9(8-19)6-10-4-2-3-5-11(10)21-13(14,15)16/h2-5,9,19H,6-8H2,1H3,(H2,17,18,20)/t9-/m1/s1. The maximum atomic E-state index is 12.3. The molecule has 1 aromatic rings. The molecule has 1 rings (SSSR count). The van der Waals surface area contributed by atoms with Gasteiger partial charge in [0.25, 0.3) is 0 Å². The van der Waals surface area contributed by atoms with Crippen molar-refractivity contribution in [3.8, 4) is 5.75 Å². The summed E-state index contributed by atoms with van der Waals surface area (Å²) in [6.07, 6.45) is -4.63. The number of nitrogens with one attached hydrogen (secondary N) is 2. The van der Waals surface area contributed by atoms with Crippen LogP contribution in [0.5, 0.6) is 5.75 Å². The average molecular weight is 306 g/mol. The molecule has 0 spiro atoms. The third-order valence-corrected chi connectivity index (χ3v) is 2.74. The number of amides is 2. The lowest BCUT2D eigenvalue weighted by Gasteiger charge is -2.18. The SMILES string of the molecule is CNC(=O)NC[C@H](CO)Cc1ccccc1OC(F)(F)F. The van der Waals surface area contributed by atoms with E-state index in [0.29, 0.717) is 5.56 Å². The predicted octanol–water partition coefficient (Wildman–Crippen LogP) is 1.67. The molecule has 1 atom stereocenters. The molecule has 0 saturated heterocycles. The molecule has 8 heteroatoms. The van der Waals surface area contributed by atoms with Crippen molar-refractivity contribution < 1.29 is 27.8 Å². The van der Waals surface area contributed by atoms with Crippen LogP contribution in [0.2, 0.25) is 0 Å². The first-order valence-electron chi connectivity index (χ1n) is 6.25. The summed E-state index contributed by atoms with van der Waals surface area (Å²) in [5, 5.41) is 14.1. The van der Waals surface area contributed by atoms with Crippen LogP contribution in [0.15, 0.2) is 24.3 Å². The summed E-state index contributed by atoms with van der Waals surface area (Å²) in [4.78, 5) is 11.1. The number of hydrogen-bond acceptors (Lipinski definition) is 3. The van der Waals surface area contributed by atoms with Gasteiger partial charge in [0.15, 0.2) is 0 Å². The number of halogens is 3. The number of urea groups is 1. The first-order chi connectivity index (χ1) is 9.85. The topological polar surface area (TPSA) is 70.6 Å². The number of ether oxygens (including phenoxy) is 1. The van der Waals surface area contributed by atoms with Crippen LogP contribution in [-0.4, -0.2) is 37.7 Å². The van der Waals surface area contributed by atoms with Crippen LogP contribution >= 0.6 is 0 Å². The number of para-hydroxylation sites is 1. The maximum Gasteiger partial charge on any atom is 0.573 e. The summed E-state index contributed by atoms with van der Waals surface area (Å²) >= 11 is 0. The Bertz CT molecular complexity index is 466. The number of aliphatic hydroxyl groups is 1. The molecule has 0 aromatic heterocycles. The van der Waals surface area contributed by atoms with Crippen LogP contribution in [0.25, 0.3) is 0 Å². The highest BCUT2D eigenvalue weighted by atomic mass is 19.4. The Morgan fingerprint density at radius 3 is 2.62 bits per heavy atom. The third-order valence-electron chi connectivity index (χ3n) is 2.74. The van der Waals surface area contributed by atoms with E-state index in [1.165, 1.54) is 25.2 Å². The fourth-order valence-corrected chi connectivity index (χ4v) is 1.73. The van der Waals surface area contributed by atoms with Crippen molar-refractivity contribution in [1.29, 1.82) is 0 Å². The molecular formula is C13H17F3N2O3. The molecule has 21 heavy (non-hydrogen) atoms. The Hall–Kier alpha value is -1.96. The van der Waals surface area contributed by atoms with Gasteiger partial charge in [-0.05, 0) is 18.1 Å². The number of aliphatic hydroxyl groups excluding tert-OH is 1. The van der Waals surface area contributed by atoms with Gasteiger partial charge in [0.05, 0.1) is 0 Å². The predicted molar refractivity (Wildman–Crippen MR) is 69.9 cm³/mol. The van der Waals surface area contributed by atoms with Gasteiger partial charge in [-0.2, -0.15) is 0 Å². The zero-order valence-electron chi connectivity index (χ0n) is 11.4. The normalized spacial score (nSPS) is 12.6. The quantitative estimate of drug-likeness (QED) is 0.748. The van der Waals surface area contributed by atoms with E-state index in [1.807, 2.05) is 0 Å². The summed E-state index contributed by atoms with van der Waals surface area (Å²) in [5.74, 6) is -0.719. The number of carbonyl (C=O) groups is 1. The Balaban J connectivity index is 2.73. The molecule has 0 aliphatic carbocycles. The van der Waals surface area contributed by atoms with Crippen LogP contribution in [0.1, 0.15) is 5.56 Å². The number of benzene rings is 1. The first kappa shape index (κ1) is 17.1. The van der Waals surface area contributed by atoms with E-state index in [2.05, 4.69) is 15.4 Å². The Kier molecular flexibility index (Phi) is 6.29. The maximum absolute atomic E-state index is 12.3. The van der Waals surface area contributed by atoms with Crippen molar-refractivity contribution in [2.45, 2.75) is 12.8 Å². The number of rotatable bonds is 6. The zero-order chi connectivity index (χ0) is 15.9. The molecule has 1 aromatic carbocycles. The summed E-state index contributed by atoms with van der Waals surface area (Å²) in [6, 6.07) is 5.29. The minimum Gasteiger partial charge on any atom is -0.406 e. The summed E-state index contributed by atoms with van der Waals surface area (Å²) in [5.41, 5.74) is 0.313. The van der Waals surface area contributed by atoms with Crippen molar-refractivity contribution in [2.24, 2.45) is 5.92 Å². The lowest BCUT2D eigenvalue weighted by Crippen LogP contribution is -2.37. The Morgan fingerprint density at radius 2 is 2.05 bits per heavy atom. The van der Waals surface area contributed by atoms with Crippen molar-refractivity contribution in [2.75, 3.05) is 20.2 Å². The van der Waals surface area contributed by atoms with E-state index < -0.39 is 18.3 Å². The van der Waals surface area contributed by atoms with Crippen LogP contribution in [0, 0.1) is 5.92 Å². The van der Waals surface area contributed by atoms with Gasteiger partial charge in [-0.1, -0.05) is 18.2 Å². The van der Waals surface area contributed by atoms with E-state index in [-0.39, 0.29) is 25.3 Å². The largest absolute Gasteiger partial charge is 0.573 e. The highest BCUT2D eigenvalue weighted by Gasteiger charge is 2.32. The molecule has 0 fully saturated rings. The molecule has 0 bridgehead atoms. The molecule has 2 amide bonds. The molecule has 0 aliphatic rings. The number of carbonyl (C=O) groups excluding carboxylic acids is 1. The van der Waals surface area contributed by atoms with Crippen molar-refractivity contribution in [3.05, 3.63) is 29.8 Å². The number of hydrogen-bond donors (Lipinski definition) is 3. The van der Waals surface area contributed by atoms with Crippen LogP contribution < -0.4 is 15.4 Å². The minimum atomic E-state index is -4.77. The fourth-order valence-electron chi connectivity index (χ4n) is 1.73. The lowest BCUT2D eigenvalue weighted by atomic mass is 9.99. The van der Waals surface area contributed by atoms with Gasteiger partial charge in [-0.25, -0.2) is 4.79 Å². The summed E-state index contributed by atoms with van der Waals surface area (Å²) < 4.78 is 40.9. The summed E-state index contributed by atoms with van der Waals surface area (Å²) in [7, 11) is 1.44. The zero-order valence-corrected chi connectivity index (χ0v) is 11.4. The second-order valence-corrected chi connectivity index (χ2v) is 4.37. The van der Waals surface area contributed by atoms with Gasteiger partial charge in [-0.3, -0.25) is 0 Å². The molecule has 0 aliphatic heterocycles. The van der Waals surface area contributed by atoms with Gasteiger partial charge in [0, 0.05) is 26.1 Å². The minimum absolute atomic E-state index is 0.135. The van der Waals surface area contributed by atoms with Gasteiger partial charge >= 0.3 is 12.4 Å². The molecule has 118 valence electrons. The van der Waals surface area contributed by atoms with Crippen molar-refractivity contribution in [1.82, 2.24) is 10.6 Å². The van der Waals surface area contributed by atoms with Crippen LogP contribution in [-0.2, 0) is 6.42 Å². The molecule has 3 N–H and O–H groups in total. The molecule has 0 saturated carbocycles. The number of alkyl halides is 3. The van der Waals surface area contributed by atoms with Gasteiger partial charge in [-0.15, -0.1) is 13.2 Å². The van der Waals surface area contributed by atoms with Gasteiger partial charge in [0.1, 0.15) is 5.75 Å². The van der Waals surface area contributed by atoms with E-state index in [4.69, 9.17) is 0 Å². The smallest absolute Gasteiger partial charge is 0.406 e. The highest BCUT2D eigenvalue weighted by molar-refractivity contribution is 5.73. The molecule has 0 unspecified atom stereocenters. The van der Waals surface area contributed by atoms with Crippen molar-refractivity contribution >= 4 is 6.03 Å².